The number of hydrogen-bond acceptors (Lipinski definition) is 1. The average Bonchev–Trinajstić information content (AvgIpc) is 2.11. The van der Waals surface area contributed by atoms with E-state index in [-0.39, 0.29) is 0 Å². The predicted molar refractivity (Wildman–Crippen MR) is 34.5 cm³/mol. The molecule has 0 saturated heterocycles. The van der Waals surface area contributed by atoms with E-state index in [0.717, 1.165) is 10.7 Å². The molecule has 0 unspecified atom stereocenters. The van der Waals surface area contributed by atoms with Crippen LogP contribution < -0.4 is 0 Å². The highest BCUT2D eigenvalue weighted by Crippen LogP contribution is 2.27. The minimum atomic E-state index is -4.37. The first-order chi connectivity index (χ1) is 4.91. The largest absolute Gasteiger partial charge is 0.435 e. The van der Waals surface area contributed by atoms with E-state index in [0.29, 0.717) is 5.69 Å². The Bertz CT molecular complexity index is 246. The normalized spacial score (nSPS) is 12.0. The van der Waals surface area contributed by atoms with E-state index >= 15 is 0 Å². The highest BCUT2D eigenvalue weighted by molar-refractivity contribution is 6.06. The summed E-state index contributed by atoms with van der Waals surface area (Å²) in [6.07, 6.45) is -4.37. The molecule has 0 aliphatic heterocycles. The van der Waals surface area contributed by atoms with Crippen LogP contribution in [0.15, 0.2) is 6.07 Å². The molecule has 0 spiro atoms. The Morgan fingerprint density at radius 2 is 2.09 bits per heavy atom. The lowest BCUT2D eigenvalue weighted by Crippen LogP contribution is -2.07. The maximum atomic E-state index is 11.9. The number of halogens is 3. The standard InChI is InChI=1S/C5H5BF3N2/c1-3-2-4(5(7,8)9)10-11(3)6/h2,6H,1H3. The van der Waals surface area contributed by atoms with Crippen LogP contribution in [0.2, 0.25) is 0 Å². The van der Waals surface area contributed by atoms with Gasteiger partial charge in [0, 0.05) is 5.69 Å². The van der Waals surface area contributed by atoms with Gasteiger partial charge >= 0.3 is 6.18 Å². The summed E-state index contributed by atoms with van der Waals surface area (Å²) in [5.41, 5.74) is -0.512. The Hall–Kier alpha value is -0.935. The fourth-order valence-electron chi connectivity index (χ4n) is 0.649. The summed E-state index contributed by atoms with van der Waals surface area (Å²) < 4.78 is 36.6. The van der Waals surface area contributed by atoms with Gasteiger partial charge in [0.1, 0.15) is 0 Å². The minimum absolute atomic E-state index is 0.386. The van der Waals surface area contributed by atoms with E-state index in [4.69, 9.17) is 0 Å². The lowest BCUT2D eigenvalue weighted by molar-refractivity contribution is -0.141. The van der Waals surface area contributed by atoms with Crippen LogP contribution >= 0.6 is 0 Å². The molecule has 1 radical (unpaired) electrons. The van der Waals surface area contributed by atoms with Crippen LogP contribution in [-0.2, 0) is 6.18 Å². The first-order valence-corrected chi connectivity index (χ1v) is 2.86. The van der Waals surface area contributed by atoms with Crippen LogP contribution in [0.4, 0.5) is 13.2 Å². The van der Waals surface area contributed by atoms with Gasteiger partial charge in [-0.05, 0) is 13.0 Å². The smallest absolute Gasteiger partial charge is 0.325 e. The monoisotopic (exact) mass is 161 g/mol. The highest BCUT2D eigenvalue weighted by atomic mass is 19.4. The lowest BCUT2D eigenvalue weighted by atomic mass is 10.3. The van der Waals surface area contributed by atoms with E-state index in [1.807, 2.05) is 0 Å². The summed E-state index contributed by atoms with van der Waals surface area (Å²) in [6.45, 7) is 1.51. The Balaban J connectivity index is 3.08. The number of aryl methyl sites for hydroxylation is 1. The van der Waals surface area contributed by atoms with Gasteiger partial charge < -0.3 is 4.59 Å². The Morgan fingerprint density at radius 3 is 2.27 bits per heavy atom. The quantitative estimate of drug-likeness (QED) is 0.516. The van der Waals surface area contributed by atoms with Crippen LogP contribution in [0.5, 0.6) is 0 Å². The summed E-state index contributed by atoms with van der Waals surface area (Å²) in [5.74, 6) is 0. The molecule has 0 bridgehead atoms. The second-order valence-electron chi connectivity index (χ2n) is 2.17. The van der Waals surface area contributed by atoms with E-state index < -0.39 is 11.9 Å². The van der Waals surface area contributed by atoms with Crippen LogP contribution in [-0.4, -0.2) is 17.7 Å². The van der Waals surface area contributed by atoms with E-state index in [2.05, 4.69) is 13.1 Å². The van der Waals surface area contributed by atoms with Gasteiger partial charge in [-0.15, -0.1) is 0 Å². The molecule has 1 aromatic heterocycles. The van der Waals surface area contributed by atoms with E-state index in [9.17, 15) is 13.2 Å². The van der Waals surface area contributed by atoms with Gasteiger partial charge in [-0.3, -0.25) is 0 Å². The molecule has 0 aromatic carbocycles. The van der Waals surface area contributed by atoms with Crippen molar-refractivity contribution in [2.75, 3.05) is 0 Å². The Labute approximate surface area is 62.4 Å². The maximum Gasteiger partial charge on any atom is 0.435 e. The molecular formula is C5H5BF3N2. The molecule has 2 nitrogen and oxygen atoms in total. The lowest BCUT2D eigenvalue weighted by Gasteiger charge is -1.99. The second kappa shape index (κ2) is 2.28. The van der Waals surface area contributed by atoms with Gasteiger partial charge in [0.05, 0.1) is 0 Å². The van der Waals surface area contributed by atoms with Gasteiger partial charge in [-0.1, -0.05) is 0 Å². The number of hydrogen-bond donors (Lipinski definition) is 0. The fraction of sp³-hybridized carbons (Fsp3) is 0.400. The molecule has 0 aliphatic carbocycles. The summed E-state index contributed by atoms with van der Waals surface area (Å²) >= 11 is 0. The topological polar surface area (TPSA) is 17.8 Å². The van der Waals surface area contributed by atoms with Crippen molar-refractivity contribution in [2.24, 2.45) is 0 Å². The number of alkyl halides is 3. The Kier molecular flexibility index (Phi) is 1.70. The number of aromatic nitrogens is 2. The third-order valence-electron chi connectivity index (χ3n) is 1.27. The molecule has 0 N–H and O–H groups in total. The molecule has 0 amide bonds. The third kappa shape index (κ3) is 1.55. The van der Waals surface area contributed by atoms with Crippen LogP contribution in [0, 0.1) is 6.92 Å². The zero-order valence-corrected chi connectivity index (χ0v) is 5.81. The molecule has 1 aromatic rings. The molecule has 1 heterocycles. The summed E-state index contributed by atoms with van der Waals surface area (Å²) in [4.78, 5) is 0. The van der Waals surface area contributed by atoms with E-state index in [1.54, 1.807) is 0 Å². The van der Waals surface area contributed by atoms with Crippen molar-refractivity contribution in [3.63, 3.8) is 0 Å². The van der Waals surface area contributed by atoms with Crippen molar-refractivity contribution in [3.05, 3.63) is 17.5 Å². The van der Waals surface area contributed by atoms with Crippen molar-refractivity contribution in [2.45, 2.75) is 13.1 Å². The van der Waals surface area contributed by atoms with E-state index in [1.165, 1.54) is 6.92 Å². The first-order valence-electron chi connectivity index (χ1n) is 2.86. The summed E-state index contributed by atoms with van der Waals surface area (Å²) in [5, 5.41) is 3.16. The first kappa shape index (κ1) is 8.16. The zero-order valence-electron chi connectivity index (χ0n) is 5.81. The molecule has 0 aliphatic rings. The molecule has 0 fully saturated rings. The summed E-state index contributed by atoms with van der Waals surface area (Å²) in [6, 6.07) is 0.951. The molecule has 6 heteroatoms. The fourth-order valence-corrected chi connectivity index (χ4v) is 0.649. The zero-order chi connectivity index (χ0) is 8.65. The van der Waals surface area contributed by atoms with Crippen LogP contribution in [0.3, 0.4) is 0 Å². The molecule has 59 valence electrons. The van der Waals surface area contributed by atoms with Gasteiger partial charge in [-0.2, -0.15) is 18.3 Å². The molecule has 11 heavy (non-hydrogen) atoms. The second-order valence-corrected chi connectivity index (χ2v) is 2.17. The molecule has 0 atom stereocenters. The van der Waals surface area contributed by atoms with Crippen LogP contribution in [0.25, 0.3) is 0 Å². The van der Waals surface area contributed by atoms with Crippen molar-refractivity contribution in [1.82, 2.24) is 9.69 Å². The Morgan fingerprint density at radius 1 is 1.55 bits per heavy atom. The average molecular weight is 161 g/mol. The van der Waals surface area contributed by atoms with Crippen molar-refractivity contribution < 1.29 is 13.2 Å². The van der Waals surface area contributed by atoms with Crippen LogP contribution in [0.1, 0.15) is 11.4 Å². The van der Waals surface area contributed by atoms with Crippen molar-refractivity contribution >= 4 is 7.98 Å². The minimum Gasteiger partial charge on any atom is -0.325 e. The van der Waals surface area contributed by atoms with Gasteiger partial charge in [0.15, 0.2) is 5.69 Å². The number of rotatable bonds is 0. The molecule has 0 saturated carbocycles. The van der Waals surface area contributed by atoms with Gasteiger partial charge in [-0.25, -0.2) is 0 Å². The van der Waals surface area contributed by atoms with Crippen molar-refractivity contribution in [1.29, 1.82) is 0 Å². The molecular weight excluding hydrogens is 156 g/mol. The predicted octanol–water partition coefficient (Wildman–Crippen LogP) is 0.874. The van der Waals surface area contributed by atoms with Gasteiger partial charge in [0.25, 0.3) is 7.98 Å². The molecule has 1 rings (SSSR count). The SMILES string of the molecule is [BH]n1nc(C(F)(F)F)cc1C. The third-order valence-corrected chi connectivity index (χ3v) is 1.27. The highest BCUT2D eigenvalue weighted by Gasteiger charge is 2.33. The number of nitrogens with zero attached hydrogens (tertiary/aromatic N) is 2. The van der Waals surface area contributed by atoms with Gasteiger partial charge in [0.2, 0.25) is 0 Å². The maximum absolute atomic E-state index is 11.9. The summed E-state index contributed by atoms with van der Waals surface area (Å²) in [7, 11) is 3.26. The van der Waals surface area contributed by atoms with Crippen molar-refractivity contribution in [3.8, 4) is 0 Å².